The van der Waals surface area contributed by atoms with E-state index in [4.69, 9.17) is 16.3 Å². The predicted molar refractivity (Wildman–Crippen MR) is 70.5 cm³/mol. The van der Waals surface area contributed by atoms with Gasteiger partial charge in [0.05, 0.1) is 12.5 Å². The van der Waals surface area contributed by atoms with Crippen LogP contribution in [0.1, 0.15) is 26.7 Å². The van der Waals surface area contributed by atoms with E-state index < -0.39 is 11.4 Å². The van der Waals surface area contributed by atoms with E-state index in [2.05, 4.69) is 20.3 Å². The summed E-state index contributed by atoms with van der Waals surface area (Å²) in [4.78, 5) is 22.9. The van der Waals surface area contributed by atoms with Crippen molar-refractivity contribution in [3.05, 3.63) is 5.28 Å². The van der Waals surface area contributed by atoms with E-state index in [9.17, 15) is 9.90 Å². The molecule has 106 valence electrons. The normalized spacial score (nSPS) is 11.2. The summed E-state index contributed by atoms with van der Waals surface area (Å²) in [6.45, 7) is 3.87. The number of halogens is 1. The van der Waals surface area contributed by atoms with Crippen LogP contribution in [0.4, 0.5) is 5.95 Å². The largest absolute Gasteiger partial charge is 0.481 e. The molecule has 2 N–H and O–H groups in total. The number of aliphatic carboxylic acids is 1. The molecule has 1 aromatic heterocycles. The van der Waals surface area contributed by atoms with Crippen LogP contribution in [0.5, 0.6) is 6.01 Å². The zero-order valence-electron chi connectivity index (χ0n) is 11.1. The summed E-state index contributed by atoms with van der Waals surface area (Å²) >= 11 is 5.71. The van der Waals surface area contributed by atoms with Crippen molar-refractivity contribution in [1.29, 1.82) is 0 Å². The Morgan fingerprint density at radius 1 is 1.37 bits per heavy atom. The molecular weight excluding hydrogens is 272 g/mol. The lowest BCUT2D eigenvalue weighted by Gasteiger charge is -2.26. The van der Waals surface area contributed by atoms with Crippen LogP contribution in [-0.2, 0) is 4.79 Å². The minimum Gasteiger partial charge on any atom is -0.481 e. The predicted octanol–water partition coefficient (Wildman–Crippen LogP) is 1.84. The number of carboxylic acid groups (broad SMARTS) is 1. The molecule has 0 aliphatic rings. The van der Waals surface area contributed by atoms with Gasteiger partial charge in [-0.15, -0.1) is 0 Å². The monoisotopic (exact) mass is 288 g/mol. The van der Waals surface area contributed by atoms with Gasteiger partial charge in [0, 0.05) is 6.54 Å². The molecule has 0 saturated carbocycles. The molecule has 0 bridgehead atoms. The van der Waals surface area contributed by atoms with Crippen LogP contribution in [-0.4, -0.2) is 39.7 Å². The van der Waals surface area contributed by atoms with Crippen LogP contribution in [0.15, 0.2) is 0 Å². The first-order chi connectivity index (χ1) is 8.97. The van der Waals surface area contributed by atoms with E-state index in [0.717, 1.165) is 0 Å². The molecule has 0 radical (unpaired) electrons. The minimum absolute atomic E-state index is 0.0109. The molecule has 0 unspecified atom stereocenters. The van der Waals surface area contributed by atoms with Gasteiger partial charge in [0.25, 0.3) is 0 Å². The Kier molecular flexibility index (Phi) is 5.29. The molecule has 7 nitrogen and oxygen atoms in total. The Morgan fingerprint density at radius 2 is 2.00 bits per heavy atom. The van der Waals surface area contributed by atoms with Crippen molar-refractivity contribution in [3.8, 4) is 6.01 Å². The molecule has 19 heavy (non-hydrogen) atoms. The number of hydrogen-bond donors (Lipinski definition) is 2. The number of aromatic nitrogens is 3. The molecule has 0 atom stereocenters. The summed E-state index contributed by atoms with van der Waals surface area (Å²) < 4.78 is 4.86. The average Bonchev–Trinajstić information content (AvgIpc) is 2.39. The van der Waals surface area contributed by atoms with Gasteiger partial charge in [-0.2, -0.15) is 15.0 Å². The first-order valence-electron chi connectivity index (χ1n) is 5.90. The van der Waals surface area contributed by atoms with Crippen molar-refractivity contribution >= 4 is 23.5 Å². The van der Waals surface area contributed by atoms with Crippen molar-refractivity contribution in [2.45, 2.75) is 26.7 Å². The standard InChI is InChI=1S/C11H17ClN4O3/c1-4-11(5-2,7(17)18)6-13-9-14-8(12)15-10(16-9)19-3/h4-6H2,1-3H3,(H,17,18)(H,13,14,15,16). The van der Waals surface area contributed by atoms with E-state index in [1.165, 1.54) is 7.11 Å². The molecule has 0 amide bonds. The Balaban J connectivity index is 2.85. The van der Waals surface area contributed by atoms with Gasteiger partial charge in [0.1, 0.15) is 0 Å². The number of methoxy groups -OCH3 is 1. The number of rotatable bonds is 7. The fourth-order valence-corrected chi connectivity index (χ4v) is 1.78. The fraction of sp³-hybridized carbons (Fsp3) is 0.636. The highest BCUT2D eigenvalue weighted by Gasteiger charge is 2.34. The van der Waals surface area contributed by atoms with Gasteiger partial charge >= 0.3 is 12.0 Å². The molecule has 0 saturated heterocycles. The van der Waals surface area contributed by atoms with Gasteiger partial charge < -0.3 is 15.2 Å². The third kappa shape index (κ3) is 3.66. The van der Waals surface area contributed by atoms with E-state index in [1.807, 2.05) is 13.8 Å². The van der Waals surface area contributed by atoms with Crippen LogP contribution >= 0.6 is 11.6 Å². The second kappa shape index (κ2) is 6.51. The zero-order chi connectivity index (χ0) is 14.5. The first-order valence-corrected chi connectivity index (χ1v) is 6.28. The molecule has 0 aliphatic carbocycles. The minimum atomic E-state index is -0.855. The van der Waals surface area contributed by atoms with Gasteiger partial charge in [-0.1, -0.05) is 13.8 Å². The molecule has 1 heterocycles. The van der Waals surface area contributed by atoms with Crippen LogP contribution in [0, 0.1) is 5.41 Å². The van der Waals surface area contributed by atoms with Gasteiger partial charge in [0.15, 0.2) is 0 Å². The van der Waals surface area contributed by atoms with E-state index in [1.54, 1.807) is 0 Å². The summed E-state index contributed by atoms with van der Waals surface area (Å²) in [6, 6.07) is 0.0800. The number of anilines is 1. The summed E-state index contributed by atoms with van der Waals surface area (Å²) in [5.74, 6) is -0.651. The lowest BCUT2D eigenvalue weighted by atomic mass is 9.82. The van der Waals surface area contributed by atoms with E-state index >= 15 is 0 Å². The van der Waals surface area contributed by atoms with E-state index in [-0.39, 0.29) is 23.8 Å². The van der Waals surface area contributed by atoms with Gasteiger partial charge in [-0.3, -0.25) is 4.79 Å². The summed E-state index contributed by atoms with van der Waals surface area (Å²) in [5, 5.41) is 12.2. The molecule has 0 aliphatic heterocycles. The Labute approximate surface area is 116 Å². The van der Waals surface area contributed by atoms with Crippen molar-refractivity contribution in [2.24, 2.45) is 5.41 Å². The maximum absolute atomic E-state index is 11.4. The van der Waals surface area contributed by atoms with Gasteiger partial charge in [-0.25, -0.2) is 0 Å². The van der Waals surface area contributed by atoms with Crippen molar-refractivity contribution in [2.75, 3.05) is 19.0 Å². The van der Waals surface area contributed by atoms with Crippen molar-refractivity contribution in [3.63, 3.8) is 0 Å². The summed E-state index contributed by atoms with van der Waals surface area (Å²) in [7, 11) is 1.41. The maximum atomic E-state index is 11.4. The third-order valence-corrected chi connectivity index (χ3v) is 3.33. The smallest absolute Gasteiger partial charge is 0.322 e. The highest BCUT2D eigenvalue weighted by atomic mass is 35.5. The molecule has 1 aromatic rings. The molecule has 1 rings (SSSR count). The SMILES string of the molecule is CCC(CC)(CNc1nc(Cl)nc(OC)n1)C(=O)O. The highest BCUT2D eigenvalue weighted by Crippen LogP contribution is 2.27. The lowest BCUT2D eigenvalue weighted by molar-refractivity contribution is -0.148. The van der Waals surface area contributed by atoms with Crippen molar-refractivity contribution in [1.82, 2.24) is 15.0 Å². The number of nitrogens with zero attached hydrogens (tertiary/aromatic N) is 3. The fourth-order valence-electron chi connectivity index (χ4n) is 1.63. The highest BCUT2D eigenvalue weighted by molar-refractivity contribution is 6.28. The average molecular weight is 289 g/mol. The summed E-state index contributed by atoms with van der Waals surface area (Å²) in [6.07, 6.45) is 1.00. The van der Waals surface area contributed by atoms with Crippen LogP contribution in [0.25, 0.3) is 0 Å². The number of carbonyl (C=O) groups is 1. The third-order valence-electron chi connectivity index (χ3n) is 3.16. The number of nitrogens with one attached hydrogen (secondary N) is 1. The quantitative estimate of drug-likeness (QED) is 0.790. The van der Waals surface area contributed by atoms with Crippen molar-refractivity contribution < 1.29 is 14.6 Å². The zero-order valence-corrected chi connectivity index (χ0v) is 11.9. The Bertz CT molecular complexity index is 452. The van der Waals surface area contributed by atoms with Crippen LogP contribution in [0.2, 0.25) is 5.28 Å². The first kappa shape index (κ1) is 15.4. The Hall–Kier alpha value is -1.63. The molecule has 0 fully saturated rings. The summed E-state index contributed by atoms with van der Waals surface area (Å²) in [5.41, 5.74) is -0.855. The van der Waals surface area contributed by atoms with Crippen LogP contribution < -0.4 is 10.1 Å². The lowest BCUT2D eigenvalue weighted by Crippen LogP contribution is -2.37. The maximum Gasteiger partial charge on any atom is 0.322 e. The molecule has 0 aromatic carbocycles. The molecule has 0 spiro atoms. The number of hydrogen-bond acceptors (Lipinski definition) is 6. The second-order valence-electron chi connectivity index (χ2n) is 4.06. The topological polar surface area (TPSA) is 97.2 Å². The Morgan fingerprint density at radius 3 is 2.47 bits per heavy atom. The van der Waals surface area contributed by atoms with Crippen LogP contribution in [0.3, 0.4) is 0 Å². The van der Waals surface area contributed by atoms with E-state index in [0.29, 0.717) is 12.8 Å². The molecule has 8 heteroatoms. The van der Waals surface area contributed by atoms with Gasteiger partial charge in [0.2, 0.25) is 11.2 Å². The number of ether oxygens (including phenoxy) is 1. The molecular formula is C11H17ClN4O3. The van der Waals surface area contributed by atoms with Gasteiger partial charge in [-0.05, 0) is 24.4 Å². The second-order valence-corrected chi connectivity index (χ2v) is 4.40. The number of carboxylic acids is 1.